The van der Waals surface area contributed by atoms with Gasteiger partial charge in [-0.3, -0.25) is 9.69 Å². The van der Waals surface area contributed by atoms with Crippen LogP contribution in [-0.4, -0.2) is 53.1 Å². The molecule has 25 heavy (non-hydrogen) atoms. The molecule has 1 saturated heterocycles. The highest BCUT2D eigenvalue weighted by Gasteiger charge is 2.26. The molecule has 2 aromatic rings. The number of amides is 1. The third-order valence-corrected chi connectivity index (χ3v) is 4.20. The number of carbonyl (C=O) groups is 1. The van der Waals surface area contributed by atoms with E-state index in [0.717, 1.165) is 24.5 Å². The van der Waals surface area contributed by atoms with E-state index >= 15 is 0 Å². The van der Waals surface area contributed by atoms with Gasteiger partial charge in [0.1, 0.15) is 17.3 Å². The largest absolute Gasteiger partial charge is 0.481 e. The van der Waals surface area contributed by atoms with Crippen LogP contribution >= 0.6 is 0 Å². The average molecular weight is 347 g/mol. The molecule has 1 unspecified atom stereocenters. The molecule has 1 aliphatic rings. The number of benzene rings is 1. The summed E-state index contributed by atoms with van der Waals surface area (Å²) < 4.78 is 23.8. The fraction of sp³-hybridized carbons (Fsp3) is 0.444. The Kier molecular flexibility index (Phi) is 5.33. The van der Waals surface area contributed by atoms with Crippen molar-refractivity contribution in [1.82, 2.24) is 15.0 Å². The van der Waals surface area contributed by atoms with Crippen molar-refractivity contribution in [3.05, 3.63) is 47.6 Å². The monoisotopic (exact) mass is 347 g/mol. The number of aromatic nitrogens is 1. The minimum absolute atomic E-state index is 0.0822. The fourth-order valence-electron chi connectivity index (χ4n) is 2.90. The van der Waals surface area contributed by atoms with Gasteiger partial charge in [-0.1, -0.05) is 11.2 Å². The van der Waals surface area contributed by atoms with Crippen LogP contribution in [0.4, 0.5) is 4.39 Å². The molecule has 0 bridgehead atoms. The zero-order valence-corrected chi connectivity index (χ0v) is 14.4. The minimum atomic E-state index is -0.647. The third kappa shape index (κ3) is 4.57. The maximum Gasteiger partial charge on any atom is 0.263 e. The number of hydrogen-bond donors (Lipinski definition) is 0. The number of hydrogen-bond acceptors (Lipinski definition) is 5. The van der Waals surface area contributed by atoms with Gasteiger partial charge in [-0.2, -0.15) is 0 Å². The van der Waals surface area contributed by atoms with E-state index in [9.17, 15) is 9.18 Å². The van der Waals surface area contributed by atoms with E-state index in [2.05, 4.69) is 10.1 Å². The van der Waals surface area contributed by atoms with Crippen LogP contribution in [0.25, 0.3) is 0 Å². The van der Waals surface area contributed by atoms with E-state index in [1.165, 1.54) is 12.1 Å². The highest BCUT2D eigenvalue weighted by atomic mass is 19.1. The lowest BCUT2D eigenvalue weighted by molar-refractivity contribution is -0.139. The van der Waals surface area contributed by atoms with E-state index in [4.69, 9.17) is 9.26 Å². The van der Waals surface area contributed by atoms with Gasteiger partial charge in [0.05, 0.1) is 5.69 Å². The Balaban J connectivity index is 1.49. The molecular formula is C18H22FN3O3. The molecule has 1 aromatic carbocycles. The number of halogens is 1. The summed E-state index contributed by atoms with van der Waals surface area (Å²) in [5, 5.41) is 4.00. The highest BCUT2D eigenvalue weighted by molar-refractivity contribution is 5.81. The number of piperazine rings is 1. The second kappa shape index (κ2) is 7.65. The molecule has 0 radical (unpaired) electrons. The lowest BCUT2D eigenvalue weighted by Gasteiger charge is -2.35. The van der Waals surface area contributed by atoms with Crippen LogP contribution in [0.2, 0.25) is 0 Å². The van der Waals surface area contributed by atoms with Crippen molar-refractivity contribution in [3.8, 4) is 5.75 Å². The third-order valence-electron chi connectivity index (χ3n) is 4.20. The summed E-state index contributed by atoms with van der Waals surface area (Å²) in [5.41, 5.74) is 0.903. The van der Waals surface area contributed by atoms with Crippen molar-refractivity contribution >= 4 is 5.91 Å². The summed E-state index contributed by atoms with van der Waals surface area (Å²) in [6.07, 6.45) is -0.647. The van der Waals surface area contributed by atoms with Crippen molar-refractivity contribution in [2.24, 2.45) is 0 Å². The van der Waals surface area contributed by atoms with Crippen LogP contribution in [0, 0.1) is 12.7 Å². The van der Waals surface area contributed by atoms with E-state index in [0.29, 0.717) is 25.4 Å². The minimum Gasteiger partial charge on any atom is -0.481 e. The van der Waals surface area contributed by atoms with Crippen LogP contribution in [0.15, 0.2) is 34.9 Å². The zero-order valence-electron chi connectivity index (χ0n) is 14.4. The predicted molar refractivity (Wildman–Crippen MR) is 89.6 cm³/mol. The molecule has 6 nitrogen and oxygen atoms in total. The van der Waals surface area contributed by atoms with Gasteiger partial charge in [0.15, 0.2) is 6.10 Å². The number of ether oxygens (including phenoxy) is 1. The fourth-order valence-corrected chi connectivity index (χ4v) is 2.90. The van der Waals surface area contributed by atoms with E-state index < -0.39 is 6.10 Å². The molecule has 1 amide bonds. The molecule has 1 aromatic heterocycles. The Hall–Kier alpha value is -2.41. The second-order valence-electron chi connectivity index (χ2n) is 6.25. The van der Waals surface area contributed by atoms with Crippen molar-refractivity contribution in [3.63, 3.8) is 0 Å². The van der Waals surface area contributed by atoms with Gasteiger partial charge in [-0.15, -0.1) is 0 Å². The number of nitrogens with zero attached hydrogens (tertiary/aromatic N) is 3. The van der Waals surface area contributed by atoms with Gasteiger partial charge in [0, 0.05) is 44.9 Å². The molecule has 1 atom stereocenters. The van der Waals surface area contributed by atoms with Gasteiger partial charge in [0.2, 0.25) is 0 Å². The van der Waals surface area contributed by atoms with Crippen molar-refractivity contribution in [2.45, 2.75) is 26.5 Å². The molecule has 0 N–H and O–H groups in total. The maximum atomic E-state index is 13.2. The first-order chi connectivity index (χ1) is 12.0. The number of rotatable bonds is 5. The lowest BCUT2D eigenvalue weighted by atomic mass is 10.2. The van der Waals surface area contributed by atoms with Crippen LogP contribution in [0.3, 0.4) is 0 Å². The summed E-state index contributed by atoms with van der Waals surface area (Å²) in [6.45, 7) is 7.08. The molecule has 2 heterocycles. The van der Waals surface area contributed by atoms with Gasteiger partial charge in [-0.25, -0.2) is 4.39 Å². The highest BCUT2D eigenvalue weighted by Crippen LogP contribution is 2.16. The number of carbonyl (C=O) groups excluding carboxylic acids is 1. The first-order valence-corrected chi connectivity index (χ1v) is 8.37. The second-order valence-corrected chi connectivity index (χ2v) is 6.25. The summed E-state index contributed by atoms with van der Waals surface area (Å²) >= 11 is 0. The maximum absolute atomic E-state index is 13.2. The number of aryl methyl sites for hydroxylation is 1. The summed E-state index contributed by atoms with van der Waals surface area (Å²) in [4.78, 5) is 16.5. The molecule has 1 fully saturated rings. The Labute approximate surface area is 146 Å². The van der Waals surface area contributed by atoms with Crippen molar-refractivity contribution < 1.29 is 18.4 Å². The van der Waals surface area contributed by atoms with Crippen LogP contribution in [0.1, 0.15) is 18.4 Å². The smallest absolute Gasteiger partial charge is 0.263 e. The van der Waals surface area contributed by atoms with E-state index in [1.54, 1.807) is 24.0 Å². The van der Waals surface area contributed by atoms with Crippen LogP contribution in [0.5, 0.6) is 5.75 Å². The van der Waals surface area contributed by atoms with Crippen molar-refractivity contribution in [2.75, 3.05) is 26.2 Å². The lowest BCUT2D eigenvalue weighted by Crippen LogP contribution is -2.51. The zero-order chi connectivity index (χ0) is 17.8. The first-order valence-electron chi connectivity index (χ1n) is 8.37. The molecule has 0 saturated carbocycles. The molecule has 0 aliphatic carbocycles. The van der Waals surface area contributed by atoms with E-state index in [-0.39, 0.29) is 11.7 Å². The first kappa shape index (κ1) is 17.4. The summed E-state index contributed by atoms with van der Waals surface area (Å²) in [7, 11) is 0. The van der Waals surface area contributed by atoms with Gasteiger partial charge in [-0.05, 0) is 26.0 Å². The quantitative estimate of drug-likeness (QED) is 0.830. The van der Waals surface area contributed by atoms with Gasteiger partial charge in [0.25, 0.3) is 5.91 Å². The molecule has 0 spiro atoms. The standard InChI is InChI=1S/C18H22FN3O3/c1-13-10-16(20-25-13)12-21-6-8-22(9-7-21)18(23)14(2)24-17-5-3-4-15(19)11-17/h3-5,10-11,14H,6-9,12H2,1-2H3. The Morgan fingerprint density at radius 2 is 2.08 bits per heavy atom. The predicted octanol–water partition coefficient (Wildman–Crippen LogP) is 2.23. The van der Waals surface area contributed by atoms with Gasteiger partial charge >= 0.3 is 0 Å². The molecule has 1 aliphatic heterocycles. The summed E-state index contributed by atoms with van der Waals surface area (Å²) in [5.74, 6) is 0.697. The molecule has 7 heteroatoms. The Bertz CT molecular complexity index is 726. The Morgan fingerprint density at radius 3 is 2.72 bits per heavy atom. The van der Waals surface area contributed by atoms with Crippen LogP contribution < -0.4 is 4.74 Å². The molecule has 134 valence electrons. The van der Waals surface area contributed by atoms with E-state index in [1.807, 2.05) is 13.0 Å². The summed E-state index contributed by atoms with van der Waals surface area (Å²) in [6, 6.07) is 7.75. The molecule has 3 rings (SSSR count). The van der Waals surface area contributed by atoms with Crippen LogP contribution in [-0.2, 0) is 11.3 Å². The van der Waals surface area contributed by atoms with Gasteiger partial charge < -0.3 is 14.2 Å². The topological polar surface area (TPSA) is 58.8 Å². The van der Waals surface area contributed by atoms with Crippen molar-refractivity contribution in [1.29, 1.82) is 0 Å². The molecular weight excluding hydrogens is 325 g/mol. The average Bonchev–Trinajstić information content (AvgIpc) is 3.00. The Morgan fingerprint density at radius 1 is 1.32 bits per heavy atom. The SMILES string of the molecule is Cc1cc(CN2CCN(C(=O)C(C)Oc3cccc(F)c3)CC2)no1. The normalized spacial score (nSPS) is 16.7.